The van der Waals surface area contributed by atoms with Crippen molar-refractivity contribution in [1.29, 1.82) is 0 Å². The highest BCUT2D eigenvalue weighted by Crippen LogP contribution is 2.30. The number of benzene rings is 2. The second-order valence-corrected chi connectivity index (χ2v) is 7.04. The van der Waals surface area contributed by atoms with Gasteiger partial charge in [-0.2, -0.15) is 0 Å². The van der Waals surface area contributed by atoms with Crippen LogP contribution in [0.15, 0.2) is 42.5 Å². The molecular formula is C21H22N4O3. The molecule has 144 valence electrons. The zero-order valence-electron chi connectivity index (χ0n) is 15.6. The zero-order chi connectivity index (χ0) is 19.7. The molecule has 4 rings (SSSR count). The third-order valence-corrected chi connectivity index (χ3v) is 5.27. The molecule has 2 aromatic carbocycles. The summed E-state index contributed by atoms with van der Waals surface area (Å²) in [5.74, 6) is -0.814. The summed E-state index contributed by atoms with van der Waals surface area (Å²) in [4.78, 5) is 38.3. The van der Waals surface area contributed by atoms with E-state index in [0.717, 1.165) is 22.5 Å². The highest BCUT2D eigenvalue weighted by atomic mass is 16.2. The minimum Gasteiger partial charge on any atom is -0.388 e. The van der Waals surface area contributed by atoms with Gasteiger partial charge in [0.05, 0.1) is 0 Å². The first kappa shape index (κ1) is 18.0. The van der Waals surface area contributed by atoms with Gasteiger partial charge in [0.15, 0.2) is 0 Å². The van der Waals surface area contributed by atoms with Gasteiger partial charge in [-0.1, -0.05) is 24.3 Å². The fourth-order valence-corrected chi connectivity index (χ4v) is 3.82. The number of rotatable bonds is 5. The summed E-state index contributed by atoms with van der Waals surface area (Å²) in [6.07, 6.45) is 0.627. The Morgan fingerprint density at radius 1 is 1.11 bits per heavy atom. The average Bonchev–Trinajstić information content (AvgIpc) is 3.03. The van der Waals surface area contributed by atoms with Crippen LogP contribution in [0.3, 0.4) is 0 Å². The van der Waals surface area contributed by atoms with E-state index in [9.17, 15) is 14.4 Å². The summed E-state index contributed by atoms with van der Waals surface area (Å²) >= 11 is 0. The van der Waals surface area contributed by atoms with E-state index in [-0.39, 0.29) is 24.1 Å². The second-order valence-electron chi connectivity index (χ2n) is 7.04. The van der Waals surface area contributed by atoms with Crippen molar-refractivity contribution in [3.05, 3.63) is 59.2 Å². The Balaban J connectivity index is 1.53. The molecule has 3 N–H and O–H groups in total. The molecule has 3 amide bonds. The van der Waals surface area contributed by atoms with Crippen LogP contribution in [0.2, 0.25) is 0 Å². The maximum atomic E-state index is 13.1. The number of hydrogen-bond acceptors (Lipinski definition) is 5. The molecule has 2 heterocycles. The van der Waals surface area contributed by atoms with Crippen LogP contribution < -0.4 is 16.0 Å². The monoisotopic (exact) mass is 378 g/mol. The largest absolute Gasteiger partial charge is 0.388 e. The molecule has 2 aliphatic heterocycles. The van der Waals surface area contributed by atoms with Crippen molar-refractivity contribution in [2.45, 2.75) is 32.0 Å². The van der Waals surface area contributed by atoms with Crippen LogP contribution in [-0.2, 0) is 22.7 Å². The van der Waals surface area contributed by atoms with Gasteiger partial charge in [0.1, 0.15) is 6.04 Å². The van der Waals surface area contributed by atoms with Crippen molar-refractivity contribution < 1.29 is 14.4 Å². The molecule has 0 saturated carbocycles. The molecule has 7 nitrogen and oxygen atoms in total. The molecule has 2 aromatic rings. The average molecular weight is 378 g/mol. The van der Waals surface area contributed by atoms with Gasteiger partial charge in [-0.25, -0.2) is 0 Å². The number of carbonyl (C=O) groups excluding carboxylic acids is 3. The number of piperidine rings is 1. The number of carbonyl (C=O) groups is 3. The third kappa shape index (κ3) is 3.31. The number of nitrogens with zero attached hydrogens (tertiary/aromatic N) is 1. The molecule has 0 radical (unpaired) electrons. The zero-order valence-corrected chi connectivity index (χ0v) is 15.6. The summed E-state index contributed by atoms with van der Waals surface area (Å²) in [5, 5.41) is 8.80. The lowest BCUT2D eigenvalue weighted by molar-refractivity contribution is -0.136. The Hall–Kier alpha value is -3.35. The van der Waals surface area contributed by atoms with Crippen molar-refractivity contribution in [1.82, 2.24) is 10.2 Å². The molecule has 28 heavy (non-hydrogen) atoms. The van der Waals surface area contributed by atoms with Gasteiger partial charge in [-0.3, -0.25) is 19.7 Å². The standard InChI is InChI=1S/C21H22N4O3/c1-22-15-6-3-7-16(10-15)23-11-13-4-2-5-14-12-25(21(28)19(13)14)17-8-9-18(26)24-20(17)27/h2-7,10,17,22-23H,8-9,11-12H2,1H3,(H,24,26,27). The van der Waals surface area contributed by atoms with E-state index in [1.165, 1.54) is 0 Å². The van der Waals surface area contributed by atoms with Crippen LogP contribution in [0.4, 0.5) is 11.4 Å². The normalized spacial score (nSPS) is 18.7. The van der Waals surface area contributed by atoms with Gasteiger partial charge in [-0.05, 0) is 35.7 Å². The Morgan fingerprint density at radius 3 is 2.68 bits per heavy atom. The van der Waals surface area contributed by atoms with Crippen molar-refractivity contribution in [3.63, 3.8) is 0 Å². The molecule has 0 aliphatic carbocycles. The summed E-state index contributed by atoms with van der Waals surface area (Å²) in [5.41, 5.74) is 4.43. The third-order valence-electron chi connectivity index (χ3n) is 5.27. The predicted molar refractivity (Wildman–Crippen MR) is 106 cm³/mol. The number of anilines is 2. The molecule has 2 aliphatic rings. The number of imide groups is 1. The summed E-state index contributed by atoms with van der Waals surface area (Å²) < 4.78 is 0. The highest BCUT2D eigenvalue weighted by Gasteiger charge is 2.39. The predicted octanol–water partition coefficient (Wildman–Crippen LogP) is 2.10. The van der Waals surface area contributed by atoms with Crippen molar-refractivity contribution in [3.8, 4) is 0 Å². The maximum Gasteiger partial charge on any atom is 0.255 e. The number of nitrogens with one attached hydrogen (secondary N) is 3. The Labute approximate surface area is 163 Å². The first-order valence-electron chi connectivity index (χ1n) is 9.34. The van der Waals surface area contributed by atoms with E-state index in [1.807, 2.05) is 49.5 Å². The summed E-state index contributed by atoms with van der Waals surface area (Å²) in [6.45, 7) is 0.898. The van der Waals surface area contributed by atoms with E-state index in [0.29, 0.717) is 25.1 Å². The van der Waals surface area contributed by atoms with E-state index in [2.05, 4.69) is 16.0 Å². The van der Waals surface area contributed by atoms with Crippen LogP contribution in [-0.4, -0.2) is 35.7 Å². The van der Waals surface area contributed by atoms with Gasteiger partial charge in [0, 0.05) is 43.5 Å². The first-order valence-corrected chi connectivity index (χ1v) is 9.34. The topological polar surface area (TPSA) is 90.5 Å². The number of amides is 3. The molecule has 1 fully saturated rings. The fraction of sp³-hybridized carbons (Fsp3) is 0.286. The van der Waals surface area contributed by atoms with E-state index < -0.39 is 6.04 Å². The molecule has 1 atom stereocenters. The SMILES string of the molecule is CNc1cccc(NCc2cccc3c2C(=O)N(C2CCC(=O)NC2=O)C3)c1. The smallest absolute Gasteiger partial charge is 0.255 e. The second kappa shape index (κ2) is 7.34. The number of hydrogen-bond donors (Lipinski definition) is 3. The molecule has 0 aromatic heterocycles. The minimum atomic E-state index is -0.592. The minimum absolute atomic E-state index is 0.147. The fourth-order valence-electron chi connectivity index (χ4n) is 3.82. The molecule has 1 unspecified atom stereocenters. The van der Waals surface area contributed by atoms with Gasteiger partial charge in [-0.15, -0.1) is 0 Å². The molecular weight excluding hydrogens is 356 g/mol. The Kier molecular flexibility index (Phi) is 4.73. The Bertz CT molecular complexity index is 956. The maximum absolute atomic E-state index is 13.1. The van der Waals surface area contributed by atoms with E-state index >= 15 is 0 Å². The van der Waals surface area contributed by atoms with E-state index in [4.69, 9.17) is 0 Å². The highest BCUT2D eigenvalue weighted by molar-refractivity contribution is 6.06. The van der Waals surface area contributed by atoms with Gasteiger partial charge < -0.3 is 15.5 Å². The number of fused-ring (bicyclic) bond motifs is 1. The molecule has 0 spiro atoms. The van der Waals surface area contributed by atoms with Crippen molar-refractivity contribution >= 4 is 29.1 Å². The molecule has 1 saturated heterocycles. The van der Waals surface area contributed by atoms with Crippen molar-refractivity contribution in [2.24, 2.45) is 0 Å². The lowest BCUT2D eigenvalue weighted by Crippen LogP contribution is -2.52. The lowest BCUT2D eigenvalue weighted by Gasteiger charge is -2.29. The molecule has 7 heteroatoms. The van der Waals surface area contributed by atoms with Crippen LogP contribution in [0, 0.1) is 0 Å². The summed E-state index contributed by atoms with van der Waals surface area (Å²) in [6, 6.07) is 13.1. The summed E-state index contributed by atoms with van der Waals surface area (Å²) in [7, 11) is 1.87. The first-order chi connectivity index (χ1) is 13.6. The van der Waals surface area contributed by atoms with Crippen molar-refractivity contribution in [2.75, 3.05) is 17.7 Å². The van der Waals surface area contributed by atoms with Crippen LogP contribution in [0.25, 0.3) is 0 Å². The molecule has 0 bridgehead atoms. The lowest BCUT2D eigenvalue weighted by atomic mass is 10.0. The quantitative estimate of drug-likeness (QED) is 0.693. The van der Waals surface area contributed by atoms with E-state index in [1.54, 1.807) is 4.90 Å². The van der Waals surface area contributed by atoms with Gasteiger partial charge in [0.2, 0.25) is 11.8 Å². The van der Waals surface area contributed by atoms with Gasteiger partial charge >= 0.3 is 0 Å². The van der Waals surface area contributed by atoms with Crippen LogP contribution in [0.1, 0.15) is 34.3 Å². The van der Waals surface area contributed by atoms with Crippen LogP contribution >= 0.6 is 0 Å². The van der Waals surface area contributed by atoms with Gasteiger partial charge in [0.25, 0.3) is 5.91 Å². The van der Waals surface area contributed by atoms with Crippen LogP contribution in [0.5, 0.6) is 0 Å². The Morgan fingerprint density at radius 2 is 1.89 bits per heavy atom.